The Morgan fingerprint density at radius 1 is 1.24 bits per heavy atom. The molecule has 1 aliphatic heterocycles. The van der Waals surface area contributed by atoms with Crippen LogP contribution < -0.4 is 15.4 Å². The number of ether oxygens (including phenoxy) is 1. The number of aromatic nitrogens is 2. The average molecular weight is 459 g/mol. The van der Waals surface area contributed by atoms with Crippen molar-refractivity contribution in [2.45, 2.75) is 65.0 Å². The first-order valence-electron chi connectivity index (χ1n) is 10.8. The van der Waals surface area contributed by atoms with E-state index < -0.39 is 23.5 Å². The molecule has 0 spiro atoms. The van der Waals surface area contributed by atoms with E-state index >= 15 is 0 Å². The molecule has 3 rings (SSSR count). The van der Waals surface area contributed by atoms with Crippen LogP contribution in [0.25, 0.3) is 0 Å². The first-order chi connectivity index (χ1) is 15.5. The molecule has 0 radical (unpaired) electrons. The fourth-order valence-electron chi connectivity index (χ4n) is 3.97. The van der Waals surface area contributed by atoms with Gasteiger partial charge in [-0.15, -0.1) is 0 Å². The quantitative estimate of drug-likeness (QED) is 0.401. The number of nitrogens with zero attached hydrogens (tertiary/aromatic N) is 1. The van der Waals surface area contributed by atoms with Crippen LogP contribution in [0.4, 0.5) is 0 Å². The normalized spacial score (nSPS) is 18.1. The van der Waals surface area contributed by atoms with E-state index in [1.807, 2.05) is 20.8 Å². The molecule has 0 saturated heterocycles. The Labute approximate surface area is 191 Å². The molecule has 1 aliphatic rings. The van der Waals surface area contributed by atoms with Crippen molar-refractivity contribution in [2.24, 2.45) is 0 Å². The number of carbonyl (C=O) groups excluding carboxylic acids is 2. The number of benzene rings is 1. The monoisotopic (exact) mass is 458 g/mol. The number of carboxylic acids is 1. The number of aromatic amines is 1. The van der Waals surface area contributed by atoms with Gasteiger partial charge < -0.3 is 30.6 Å². The van der Waals surface area contributed by atoms with Crippen LogP contribution in [-0.4, -0.2) is 56.2 Å². The maximum absolute atomic E-state index is 12.9. The summed E-state index contributed by atoms with van der Waals surface area (Å²) in [7, 11) is 0. The van der Waals surface area contributed by atoms with Gasteiger partial charge in [-0.2, -0.15) is 0 Å². The second-order valence-electron chi connectivity index (χ2n) is 8.61. The van der Waals surface area contributed by atoms with E-state index in [0.717, 1.165) is 22.3 Å². The molecular weight excluding hydrogens is 428 g/mol. The summed E-state index contributed by atoms with van der Waals surface area (Å²) in [5.74, 6) is -1.12. The largest absolute Gasteiger partial charge is 0.507 e. The third-order valence-electron chi connectivity index (χ3n) is 6.25. The van der Waals surface area contributed by atoms with Gasteiger partial charge in [0.15, 0.2) is 5.60 Å². The molecule has 0 bridgehead atoms. The highest BCUT2D eigenvalue weighted by atomic mass is 16.5. The molecule has 5 N–H and O–H groups in total. The van der Waals surface area contributed by atoms with Gasteiger partial charge >= 0.3 is 5.97 Å². The lowest BCUT2D eigenvalue weighted by Crippen LogP contribution is -2.51. The maximum atomic E-state index is 12.9. The molecule has 2 atom stereocenters. The van der Waals surface area contributed by atoms with E-state index in [9.17, 15) is 24.6 Å². The summed E-state index contributed by atoms with van der Waals surface area (Å²) in [6.45, 7) is 7.24. The second-order valence-corrected chi connectivity index (χ2v) is 8.61. The van der Waals surface area contributed by atoms with Crippen LogP contribution in [0.3, 0.4) is 0 Å². The van der Waals surface area contributed by atoms with Crippen molar-refractivity contribution >= 4 is 17.8 Å². The van der Waals surface area contributed by atoms with Crippen LogP contribution in [-0.2, 0) is 27.2 Å². The Morgan fingerprint density at radius 2 is 1.97 bits per heavy atom. The number of phenols is 1. The third-order valence-corrected chi connectivity index (χ3v) is 6.25. The average Bonchev–Trinajstić information content (AvgIpc) is 3.28. The number of hydrogen-bond acceptors (Lipinski definition) is 6. The Balaban J connectivity index is 1.56. The van der Waals surface area contributed by atoms with Gasteiger partial charge in [0, 0.05) is 43.3 Å². The first-order valence-corrected chi connectivity index (χ1v) is 10.8. The van der Waals surface area contributed by atoms with E-state index in [1.54, 1.807) is 6.92 Å². The van der Waals surface area contributed by atoms with Gasteiger partial charge in [-0.25, -0.2) is 9.78 Å². The maximum Gasteiger partial charge on any atom is 0.326 e. The van der Waals surface area contributed by atoms with Crippen molar-refractivity contribution in [3.05, 3.63) is 40.5 Å². The van der Waals surface area contributed by atoms with Crippen molar-refractivity contribution in [2.75, 3.05) is 6.54 Å². The highest BCUT2D eigenvalue weighted by Gasteiger charge is 2.40. The number of amides is 2. The molecule has 2 amide bonds. The summed E-state index contributed by atoms with van der Waals surface area (Å²) >= 11 is 0. The standard InChI is InChI=1S/C23H30N4O6/c1-12-13(2)20-16(14(3)19(12)29)5-7-23(4,33-20)22(32)25-8-6-18(28)27-17(21(30)31)9-15-10-24-11-26-15/h10-11,17,29H,5-9H2,1-4H3,(H,24,26)(H,25,32)(H,27,28)(H,30,31)/t17-,23+/m0/s1. The van der Waals surface area contributed by atoms with E-state index in [2.05, 4.69) is 20.6 Å². The summed E-state index contributed by atoms with van der Waals surface area (Å²) in [4.78, 5) is 43.2. The van der Waals surface area contributed by atoms with Crippen molar-refractivity contribution in [3.8, 4) is 11.5 Å². The molecule has 0 saturated carbocycles. The number of carboxylic acid groups (broad SMARTS) is 1. The lowest BCUT2D eigenvalue weighted by atomic mass is 9.86. The summed E-state index contributed by atoms with van der Waals surface area (Å²) in [6, 6.07) is -1.10. The van der Waals surface area contributed by atoms with Gasteiger partial charge in [0.1, 0.15) is 17.5 Å². The lowest BCUT2D eigenvalue weighted by Gasteiger charge is -2.36. The van der Waals surface area contributed by atoms with E-state index in [4.69, 9.17) is 4.74 Å². The van der Waals surface area contributed by atoms with Gasteiger partial charge in [-0.1, -0.05) is 0 Å². The molecule has 0 aliphatic carbocycles. The van der Waals surface area contributed by atoms with E-state index in [-0.39, 0.29) is 31.0 Å². The number of aromatic hydroxyl groups is 1. The molecule has 0 fully saturated rings. The highest BCUT2D eigenvalue weighted by Crippen LogP contribution is 2.43. The Bertz CT molecular complexity index is 1070. The summed E-state index contributed by atoms with van der Waals surface area (Å²) in [6.07, 6.45) is 3.94. The first kappa shape index (κ1) is 24.1. The molecule has 2 heterocycles. The fourth-order valence-corrected chi connectivity index (χ4v) is 3.97. The number of nitrogens with one attached hydrogen (secondary N) is 3. The third kappa shape index (κ3) is 5.10. The van der Waals surface area contributed by atoms with E-state index in [1.165, 1.54) is 12.5 Å². The number of H-pyrrole nitrogens is 1. The summed E-state index contributed by atoms with van der Waals surface area (Å²) in [5.41, 5.74) is 2.65. The van der Waals surface area contributed by atoms with Crippen molar-refractivity contribution in [1.29, 1.82) is 0 Å². The van der Waals surface area contributed by atoms with Gasteiger partial charge in [-0.3, -0.25) is 9.59 Å². The topological polar surface area (TPSA) is 154 Å². The van der Waals surface area contributed by atoms with Crippen molar-refractivity contribution in [1.82, 2.24) is 20.6 Å². The fraction of sp³-hybridized carbons (Fsp3) is 0.478. The van der Waals surface area contributed by atoms with Crippen LogP contribution in [0.5, 0.6) is 11.5 Å². The zero-order valence-corrected chi connectivity index (χ0v) is 19.2. The number of fused-ring (bicyclic) bond motifs is 1. The van der Waals surface area contributed by atoms with Crippen LogP contribution in [0, 0.1) is 20.8 Å². The number of imidazole rings is 1. The molecule has 2 aromatic rings. The van der Waals surface area contributed by atoms with Gasteiger partial charge in [0.05, 0.1) is 6.33 Å². The number of aliphatic carboxylic acids is 1. The molecule has 178 valence electrons. The van der Waals surface area contributed by atoms with Crippen LogP contribution in [0.15, 0.2) is 12.5 Å². The smallest absolute Gasteiger partial charge is 0.326 e. The number of phenolic OH excluding ortho intramolecular Hbond substituents is 1. The van der Waals surface area contributed by atoms with Gasteiger partial charge in [0.25, 0.3) is 5.91 Å². The highest BCUT2D eigenvalue weighted by molar-refractivity contribution is 5.87. The predicted molar refractivity (Wildman–Crippen MR) is 119 cm³/mol. The Hall–Kier alpha value is -3.56. The van der Waals surface area contributed by atoms with E-state index in [0.29, 0.717) is 24.3 Å². The number of rotatable bonds is 8. The molecule has 1 aromatic carbocycles. The van der Waals surface area contributed by atoms with Crippen molar-refractivity contribution in [3.63, 3.8) is 0 Å². The van der Waals surface area contributed by atoms with Gasteiger partial charge in [-0.05, 0) is 50.8 Å². The number of hydrogen-bond donors (Lipinski definition) is 5. The molecule has 1 aromatic heterocycles. The minimum atomic E-state index is -1.16. The van der Waals surface area contributed by atoms with Crippen LogP contribution >= 0.6 is 0 Å². The minimum Gasteiger partial charge on any atom is -0.507 e. The molecule has 10 heteroatoms. The summed E-state index contributed by atoms with van der Waals surface area (Å²) in [5, 5.41) is 24.8. The zero-order chi connectivity index (χ0) is 24.3. The molecule has 0 unspecified atom stereocenters. The van der Waals surface area contributed by atoms with Crippen molar-refractivity contribution < 1.29 is 29.3 Å². The Kier molecular flexibility index (Phi) is 6.95. The molecular formula is C23H30N4O6. The number of carbonyl (C=O) groups is 3. The van der Waals surface area contributed by atoms with Gasteiger partial charge in [0.2, 0.25) is 5.91 Å². The minimum absolute atomic E-state index is 0.0412. The predicted octanol–water partition coefficient (Wildman–Crippen LogP) is 1.44. The summed E-state index contributed by atoms with van der Waals surface area (Å²) < 4.78 is 6.13. The molecule has 10 nitrogen and oxygen atoms in total. The lowest BCUT2D eigenvalue weighted by molar-refractivity contribution is -0.142. The SMILES string of the molecule is Cc1c(C)c2c(c(C)c1O)CC[C@](C)(C(=O)NCCC(=O)N[C@@H](Cc1cnc[nH]1)C(=O)O)O2. The van der Waals surface area contributed by atoms with Crippen LogP contribution in [0.2, 0.25) is 0 Å². The Morgan fingerprint density at radius 3 is 2.61 bits per heavy atom. The van der Waals surface area contributed by atoms with Crippen LogP contribution in [0.1, 0.15) is 47.7 Å². The molecule has 33 heavy (non-hydrogen) atoms. The zero-order valence-electron chi connectivity index (χ0n) is 19.2. The second kappa shape index (κ2) is 9.51.